The smallest absolute Gasteiger partial charge is 0.303 e. The highest BCUT2D eigenvalue weighted by molar-refractivity contribution is 5.73. The zero-order chi connectivity index (χ0) is 20.8. The molecular weight excluding hydrogens is 362 g/mol. The first-order chi connectivity index (χ1) is 12.4. The minimum Gasteiger partial charge on any atom is -0.464 e. The molecule has 27 heavy (non-hydrogen) atoms. The van der Waals surface area contributed by atoms with Crippen molar-refractivity contribution < 1.29 is 42.9 Å². The normalized spacial score (nSPS) is 23.0. The van der Waals surface area contributed by atoms with E-state index in [4.69, 9.17) is 23.7 Å². The minimum absolute atomic E-state index is 0.171. The number of carbonyl (C=O) groups excluding carboxylic acids is 4. The minimum atomic E-state index is -1.07. The standard InChI is InChI=1S/C17H27NO9/c1-9(19)18-13(7-23-10(2)20)15-16(27-17(5,6)26-15)14(25-12(4)22)8-24-11(3)21/h13-16H,7-8H2,1-6H3,(H,18,19)/t13-,14+,15+,16-/m0/s1. The summed E-state index contributed by atoms with van der Waals surface area (Å²) in [5, 5.41) is 2.65. The van der Waals surface area contributed by atoms with Crippen LogP contribution in [0.4, 0.5) is 0 Å². The van der Waals surface area contributed by atoms with Crippen LogP contribution in [0.25, 0.3) is 0 Å². The summed E-state index contributed by atoms with van der Waals surface area (Å²) >= 11 is 0. The second-order valence-electron chi connectivity index (χ2n) is 6.62. The fourth-order valence-corrected chi connectivity index (χ4v) is 2.71. The molecule has 1 amide bonds. The van der Waals surface area contributed by atoms with Crippen molar-refractivity contribution in [2.24, 2.45) is 0 Å². The van der Waals surface area contributed by atoms with Gasteiger partial charge >= 0.3 is 17.9 Å². The number of ether oxygens (including phenoxy) is 5. The van der Waals surface area contributed by atoms with Crippen LogP contribution in [-0.4, -0.2) is 67.2 Å². The molecule has 154 valence electrons. The van der Waals surface area contributed by atoms with Crippen molar-refractivity contribution in [2.45, 2.75) is 71.7 Å². The topological polar surface area (TPSA) is 126 Å². The Labute approximate surface area is 157 Å². The Morgan fingerprint density at radius 1 is 0.889 bits per heavy atom. The van der Waals surface area contributed by atoms with Crippen LogP contribution in [0, 0.1) is 0 Å². The number of esters is 3. The zero-order valence-corrected chi connectivity index (χ0v) is 16.4. The van der Waals surface area contributed by atoms with Gasteiger partial charge in [-0.3, -0.25) is 19.2 Å². The molecule has 0 aromatic rings. The molecule has 0 spiro atoms. The molecular formula is C17H27NO9. The molecule has 10 heteroatoms. The van der Waals surface area contributed by atoms with Crippen LogP contribution in [0.3, 0.4) is 0 Å². The molecule has 0 bridgehead atoms. The predicted octanol–water partition coefficient (Wildman–Crippen LogP) is 0.0691. The maximum atomic E-state index is 11.6. The van der Waals surface area contributed by atoms with E-state index in [2.05, 4.69) is 5.32 Å². The quantitative estimate of drug-likeness (QED) is 0.453. The average molecular weight is 389 g/mol. The molecule has 1 N–H and O–H groups in total. The number of hydrogen-bond donors (Lipinski definition) is 1. The average Bonchev–Trinajstić information content (AvgIpc) is 2.82. The van der Waals surface area contributed by atoms with Crippen molar-refractivity contribution in [1.82, 2.24) is 5.32 Å². The van der Waals surface area contributed by atoms with Crippen molar-refractivity contribution in [1.29, 1.82) is 0 Å². The Kier molecular flexibility index (Phi) is 8.17. The zero-order valence-electron chi connectivity index (χ0n) is 16.4. The molecule has 0 aromatic heterocycles. The summed E-state index contributed by atoms with van der Waals surface area (Å²) in [6, 6.07) is -0.770. The van der Waals surface area contributed by atoms with Crippen molar-refractivity contribution in [2.75, 3.05) is 13.2 Å². The Balaban J connectivity index is 3.11. The molecule has 0 aromatic carbocycles. The van der Waals surface area contributed by atoms with Crippen LogP contribution >= 0.6 is 0 Å². The number of rotatable bonds is 8. The Hall–Kier alpha value is -2.20. The van der Waals surface area contributed by atoms with Gasteiger partial charge in [0.05, 0.1) is 6.04 Å². The van der Waals surface area contributed by atoms with Gasteiger partial charge in [-0.2, -0.15) is 0 Å². The van der Waals surface area contributed by atoms with E-state index in [9.17, 15) is 19.2 Å². The highest BCUT2D eigenvalue weighted by Gasteiger charge is 2.50. The van der Waals surface area contributed by atoms with Crippen LogP contribution in [0.15, 0.2) is 0 Å². The second-order valence-corrected chi connectivity index (χ2v) is 6.62. The van der Waals surface area contributed by atoms with E-state index in [-0.39, 0.29) is 19.1 Å². The van der Waals surface area contributed by atoms with Gasteiger partial charge in [0.15, 0.2) is 11.9 Å². The van der Waals surface area contributed by atoms with Gasteiger partial charge in [-0.1, -0.05) is 0 Å². The van der Waals surface area contributed by atoms with Gasteiger partial charge in [-0.15, -0.1) is 0 Å². The molecule has 1 heterocycles. The van der Waals surface area contributed by atoms with Crippen LogP contribution in [0.1, 0.15) is 41.5 Å². The SMILES string of the molecule is CC(=O)N[C@@H](COC(C)=O)[C@H]1OC(C)(C)O[C@H]1[C@@H](COC(C)=O)OC(C)=O. The maximum absolute atomic E-state index is 11.6. The van der Waals surface area contributed by atoms with Gasteiger partial charge in [0.1, 0.15) is 25.4 Å². The summed E-state index contributed by atoms with van der Waals surface area (Å²) in [4.78, 5) is 45.4. The molecule has 0 saturated carbocycles. The number of hydrogen-bond acceptors (Lipinski definition) is 9. The lowest BCUT2D eigenvalue weighted by Gasteiger charge is -2.30. The van der Waals surface area contributed by atoms with Crippen LogP contribution in [0.2, 0.25) is 0 Å². The molecule has 1 aliphatic rings. The number of carbonyl (C=O) groups is 4. The monoisotopic (exact) mass is 389 g/mol. The lowest BCUT2D eigenvalue weighted by Crippen LogP contribution is -2.54. The van der Waals surface area contributed by atoms with E-state index in [0.717, 1.165) is 0 Å². The Morgan fingerprint density at radius 3 is 1.89 bits per heavy atom. The summed E-state index contributed by atoms with van der Waals surface area (Å²) in [6.07, 6.45) is -2.69. The van der Waals surface area contributed by atoms with E-state index in [1.807, 2.05) is 0 Å². The molecule has 0 unspecified atom stereocenters. The first-order valence-corrected chi connectivity index (χ1v) is 8.48. The highest BCUT2D eigenvalue weighted by atomic mass is 16.8. The number of amides is 1. The summed E-state index contributed by atoms with van der Waals surface area (Å²) in [5.41, 5.74) is 0. The fourth-order valence-electron chi connectivity index (χ4n) is 2.71. The van der Waals surface area contributed by atoms with Crippen molar-refractivity contribution in [3.05, 3.63) is 0 Å². The van der Waals surface area contributed by atoms with E-state index in [1.54, 1.807) is 13.8 Å². The highest BCUT2D eigenvalue weighted by Crippen LogP contribution is 2.33. The maximum Gasteiger partial charge on any atom is 0.303 e. The fraction of sp³-hybridized carbons (Fsp3) is 0.765. The second kappa shape index (κ2) is 9.65. The van der Waals surface area contributed by atoms with Gasteiger partial charge in [-0.05, 0) is 13.8 Å². The Morgan fingerprint density at radius 2 is 1.41 bits per heavy atom. The van der Waals surface area contributed by atoms with Crippen molar-refractivity contribution in [3.8, 4) is 0 Å². The van der Waals surface area contributed by atoms with E-state index < -0.39 is 48.0 Å². The third-order valence-corrected chi connectivity index (χ3v) is 3.55. The number of nitrogens with one attached hydrogen (secondary N) is 1. The molecule has 1 fully saturated rings. The molecule has 0 radical (unpaired) electrons. The van der Waals surface area contributed by atoms with E-state index in [1.165, 1.54) is 27.7 Å². The first kappa shape index (κ1) is 22.8. The Bertz CT molecular complexity index is 527. The summed E-state index contributed by atoms with van der Waals surface area (Å²) in [6.45, 7) is 7.84. The summed E-state index contributed by atoms with van der Waals surface area (Å²) in [7, 11) is 0. The molecule has 1 aliphatic heterocycles. The molecule has 4 atom stereocenters. The van der Waals surface area contributed by atoms with Gasteiger partial charge in [0, 0.05) is 27.7 Å². The third-order valence-electron chi connectivity index (χ3n) is 3.55. The molecule has 1 saturated heterocycles. The molecule has 1 rings (SSSR count). The lowest BCUT2D eigenvalue weighted by atomic mass is 10.0. The third kappa shape index (κ3) is 7.92. The van der Waals surface area contributed by atoms with Crippen LogP contribution < -0.4 is 5.32 Å². The van der Waals surface area contributed by atoms with Gasteiger partial charge < -0.3 is 29.0 Å². The summed E-state index contributed by atoms with van der Waals surface area (Å²) < 4.78 is 26.9. The van der Waals surface area contributed by atoms with Crippen LogP contribution in [-0.2, 0) is 42.9 Å². The molecule has 10 nitrogen and oxygen atoms in total. The van der Waals surface area contributed by atoms with E-state index >= 15 is 0 Å². The van der Waals surface area contributed by atoms with Crippen LogP contribution in [0.5, 0.6) is 0 Å². The van der Waals surface area contributed by atoms with Gasteiger partial charge in [-0.25, -0.2) is 0 Å². The predicted molar refractivity (Wildman–Crippen MR) is 90.2 cm³/mol. The largest absolute Gasteiger partial charge is 0.464 e. The molecule has 0 aliphatic carbocycles. The first-order valence-electron chi connectivity index (χ1n) is 8.48. The summed E-state index contributed by atoms with van der Waals surface area (Å²) in [5.74, 6) is -3.13. The van der Waals surface area contributed by atoms with Crippen molar-refractivity contribution >= 4 is 23.8 Å². The van der Waals surface area contributed by atoms with Gasteiger partial charge in [0.2, 0.25) is 5.91 Å². The lowest BCUT2D eigenvalue weighted by molar-refractivity contribution is -0.177. The van der Waals surface area contributed by atoms with Gasteiger partial charge in [0.25, 0.3) is 0 Å². The van der Waals surface area contributed by atoms with E-state index in [0.29, 0.717) is 0 Å². The van der Waals surface area contributed by atoms with Crippen molar-refractivity contribution in [3.63, 3.8) is 0 Å².